The summed E-state index contributed by atoms with van der Waals surface area (Å²) in [5.74, 6) is 0.330. The molecule has 0 aliphatic heterocycles. The molecule has 1 atom stereocenters. The number of hydrogen-bond donors (Lipinski definition) is 0. The largest absolute Gasteiger partial charge is 0.478 e. The van der Waals surface area contributed by atoms with E-state index in [4.69, 9.17) is 21.1 Å². The average molecular weight is 257 g/mol. The van der Waals surface area contributed by atoms with Gasteiger partial charge in [0.2, 0.25) is 0 Å². The monoisotopic (exact) mass is 256 g/mol. The Labute approximate surface area is 107 Å². The molecule has 0 N–H and O–H groups in total. The summed E-state index contributed by atoms with van der Waals surface area (Å²) in [6, 6.07) is 3.61. The molecular weight excluding hydrogens is 240 g/mol. The number of carbonyl (C=O) groups excluding carboxylic acids is 1. The first kappa shape index (κ1) is 13.8. The summed E-state index contributed by atoms with van der Waals surface area (Å²) in [5.41, 5.74) is 1.82. The Morgan fingerprint density at radius 1 is 1.35 bits per heavy atom. The summed E-state index contributed by atoms with van der Waals surface area (Å²) in [4.78, 5) is 11.5. The van der Waals surface area contributed by atoms with Gasteiger partial charge in [-0.05, 0) is 51.0 Å². The predicted octanol–water partition coefficient (Wildman–Crippen LogP) is 3.29. The lowest BCUT2D eigenvalue weighted by molar-refractivity contribution is -0.150. The normalized spacial score (nSPS) is 12.1. The molecule has 1 aromatic carbocycles. The first-order valence-corrected chi connectivity index (χ1v) is 5.93. The predicted molar refractivity (Wildman–Crippen MR) is 67.6 cm³/mol. The quantitative estimate of drug-likeness (QED) is 0.776. The fourth-order valence-corrected chi connectivity index (χ4v) is 1.90. The van der Waals surface area contributed by atoms with Crippen LogP contribution in [0.5, 0.6) is 5.75 Å². The van der Waals surface area contributed by atoms with E-state index in [1.165, 1.54) is 0 Å². The SMILES string of the molecule is CCOC(=O)[C@@H](C)Oc1c(C)cc(Cl)cc1C. The third-order valence-corrected chi connectivity index (χ3v) is 2.56. The smallest absolute Gasteiger partial charge is 0.347 e. The Kier molecular flexibility index (Phi) is 4.82. The Morgan fingerprint density at radius 3 is 2.35 bits per heavy atom. The molecule has 0 radical (unpaired) electrons. The van der Waals surface area contributed by atoms with E-state index in [2.05, 4.69) is 0 Å². The van der Waals surface area contributed by atoms with Gasteiger partial charge in [0.15, 0.2) is 6.10 Å². The van der Waals surface area contributed by atoms with Gasteiger partial charge in [-0.25, -0.2) is 4.79 Å². The van der Waals surface area contributed by atoms with E-state index in [1.807, 2.05) is 26.0 Å². The van der Waals surface area contributed by atoms with E-state index < -0.39 is 6.10 Å². The lowest BCUT2D eigenvalue weighted by atomic mass is 10.1. The lowest BCUT2D eigenvalue weighted by Crippen LogP contribution is -2.26. The molecule has 4 heteroatoms. The number of halogens is 1. The second-order valence-electron chi connectivity index (χ2n) is 3.88. The van der Waals surface area contributed by atoms with Gasteiger partial charge < -0.3 is 9.47 Å². The van der Waals surface area contributed by atoms with E-state index in [0.717, 1.165) is 11.1 Å². The molecule has 0 spiro atoms. The molecule has 0 aromatic heterocycles. The molecule has 1 aromatic rings. The van der Waals surface area contributed by atoms with E-state index in [1.54, 1.807) is 13.8 Å². The summed E-state index contributed by atoms with van der Waals surface area (Å²) in [6.45, 7) is 7.58. The maximum absolute atomic E-state index is 11.5. The van der Waals surface area contributed by atoms with Crippen LogP contribution in [0.15, 0.2) is 12.1 Å². The molecule has 0 unspecified atom stereocenters. The molecule has 0 aliphatic rings. The van der Waals surface area contributed by atoms with Gasteiger partial charge >= 0.3 is 5.97 Å². The number of esters is 1. The fraction of sp³-hybridized carbons (Fsp3) is 0.462. The van der Waals surface area contributed by atoms with Crippen molar-refractivity contribution in [1.82, 2.24) is 0 Å². The third kappa shape index (κ3) is 3.63. The van der Waals surface area contributed by atoms with Crippen LogP contribution in [0.4, 0.5) is 0 Å². The number of carbonyl (C=O) groups is 1. The first-order valence-electron chi connectivity index (χ1n) is 5.55. The second kappa shape index (κ2) is 5.92. The number of ether oxygens (including phenoxy) is 2. The highest BCUT2D eigenvalue weighted by molar-refractivity contribution is 6.30. The molecular formula is C13H17ClO3. The van der Waals surface area contributed by atoms with Crippen LogP contribution in [0.3, 0.4) is 0 Å². The van der Waals surface area contributed by atoms with Crippen molar-refractivity contribution in [1.29, 1.82) is 0 Å². The van der Waals surface area contributed by atoms with Crippen LogP contribution in [0, 0.1) is 13.8 Å². The maximum Gasteiger partial charge on any atom is 0.347 e. The van der Waals surface area contributed by atoms with Crippen molar-refractivity contribution >= 4 is 17.6 Å². The molecule has 0 saturated heterocycles. The summed E-state index contributed by atoms with van der Waals surface area (Å²) < 4.78 is 10.5. The molecule has 0 heterocycles. The third-order valence-electron chi connectivity index (χ3n) is 2.34. The average Bonchev–Trinajstić information content (AvgIpc) is 2.23. The molecule has 94 valence electrons. The van der Waals surface area contributed by atoms with Gasteiger partial charge in [-0.1, -0.05) is 11.6 Å². The highest BCUT2D eigenvalue weighted by Crippen LogP contribution is 2.27. The zero-order valence-electron chi connectivity index (χ0n) is 10.5. The number of aryl methyl sites for hydroxylation is 2. The van der Waals surface area contributed by atoms with Gasteiger partial charge in [-0.2, -0.15) is 0 Å². The zero-order valence-corrected chi connectivity index (χ0v) is 11.3. The van der Waals surface area contributed by atoms with Crippen molar-refractivity contribution < 1.29 is 14.3 Å². The van der Waals surface area contributed by atoms with Gasteiger partial charge in [0.25, 0.3) is 0 Å². The number of rotatable bonds is 4. The van der Waals surface area contributed by atoms with Crippen molar-refractivity contribution in [3.8, 4) is 5.75 Å². The lowest BCUT2D eigenvalue weighted by Gasteiger charge is -2.17. The highest BCUT2D eigenvalue weighted by Gasteiger charge is 2.18. The van der Waals surface area contributed by atoms with Crippen molar-refractivity contribution in [3.63, 3.8) is 0 Å². The Morgan fingerprint density at radius 2 is 1.88 bits per heavy atom. The van der Waals surface area contributed by atoms with E-state index in [9.17, 15) is 4.79 Å². The van der Waals surface area contributed by atoms with Gasteiger partial charge in [0.05, 0.1) is 6.61 Å². The zero-order chi connectivity index (χ0) is 13.0. The highest BCUT2D eigenvalue weighted by atomic mass is 35.5. The van der Waals surface area contributed by atoms with E-state index in [0.29, 0.717) is 17.4 Å². The Hall–Kier alpha value is -1.22. The summed E-state index contributed by atoms with van der Waals surface area (Å²) in [6.07, 6.45) is -0.617. The first-order chi connectivity index (χ1) is 7.95. The summed E-state index contributed by atoms with van der Waals surface area (Å²) in [7, 11) is 0. The molecule has 0 saturated carbocycles. The van der Waals surface area contributed by atoms with Crippen LogP contribution >= 0.6 is 11.6 Å². The minimum atomic E-state index is -0.617. The van der Waals surface area contributed by atoms with Gasteiger partial charge in [0, 0.05) is 5.02 Å². The standard InChI is InChI=1S/C13H17ClO3/c1-5-16-13(15)10(4)17-12-8(2)6-11(14)7-9(12)3/h6-7,10H,5H2,1-4H3/t10-/m1/s1. The second-order valence-corrected chi connectivity index (χ2v) is 4.32. The van der Waals surface area contributed by atoms with Crippen LogP contribution in [0.1, 0.15) is 25.0 Å². The van der Waals surface area contributed by atoms with E-state index in [-0.39, 0.29) is 5.97 Å². The summed E-state index contributed by atoms with van der Waals surface area (Å²) in [5, 5.41) is 0.663. The minimum absolute atomic E-state index is 0.352. The van der Waals surface area contributed by atoms with Crippen molar-refractivity contribution in [3.05, 3.63) is 28.3 Å². The van der Waals surface area contributed by atoms with Crippen molar-refractivity contribution in [2.45, 2.75) is 33.8 Å². The maximum atomic E-state index is 11.5. The van der Waals surface area contributed by atoms with Crippen LogP contribution in [0.2, 0.25) is 5.02 Å². The van der Waals surface area contributed by atoms with Crippen LogP contribution in [-0.2, 0) is 9.53 Å². The summed E-state index contributed by atoms with van der Waals surface area (Å²) >= 11 is 5.92. The Bertz CT molecular complexity index is 392. The molecule has 0 amide bonds. The topological polar surface area (TPSA) is 35.5 Å². The Balaban J connectivity index is 2.85. The van der Waals surface area contributed by atoms with Crippen LogP contribution in [-0.4, -0.2) is 18.7 Å². The van der Waals surface area contributed by atoms with Crippen molar-refractivity contribution in [2.24, 2.45) is 0 Å². The number of benzene rings is 1. The fourth-order valence-electron chi connectivity index (χ4n) is 1.57. The van der Waals surface area contributed by atoms with Gasteiger partial charge in [-0.15, -0.1) is 0 Å². The molecule has 17 heavy (non-hydrogen) atoms. The van der Waals surface area contributed by atoms with Crippen LogP contribution < -0.4 is 4.74 Å². The molecule has 0 aliphatic carbocycles. The van der Waals surface area contributed by atoms with E-state index >= 15 is 0 Å². The molecule has 0 fully saturated rings. The van der Waals surface area contributed by atoms with Crippen molar-refractivity contribution in [2.75, 3.05) is 6.61 Å². The molecule has 1 rings (SSSR count). The molecule has 3 nitrogen and oxygen atoms in total. The molecule has 0 bridgehead atoms. The minimum Gasteiger partial charge on any atom is -0.478 e. The number of hydrogen-bond acceptors (Lipinski definition) is 3. The van der Waals surface area contributed by atoms with Gasteiger partial charge in [-0.3, -0.25) is 0 Å². The van der Waals surface area contributed by atoms with Gasteiger partial charge in [0.1, 0.15) is 5.75 Å². The van der Waals surface area contributed by atoms with Crippen LogP contribution in [0.25, 0.3) is 0 Å².